The summed E-state index contributed by atoms with van der Waals surface area (Å²) < 4.78 is 40.8. The molecule has 2 aliphatic heterocycles. The Bertz CT molecular complexity index is 747. The lowest BCUT2D eigenvalue weighted by atomic mass is 9.63. The first-order valence-corrected chi connectivity index (χ1v) is 8.32. The van der Waals surface area contributed by atoms with Gasteiger partial charge in [-0.15, -0.1) is 0 Å². The van der Waals surface area contributed by atoms with Crippen LogP contribution < -0.4 is 10.3 Å². The monoisotopic (exact) mass is 352 g/mol. The maximum Gasteiger partial charge on any atom is 0.418 e. The summed E-state index contributed by atoms with van der Waals surface area (Å²) in [5.41, 5.74) is 2.50. The number of amidine groups is 1. The number of hydrogen-bond acceptors (Lipinski definition) is 4. The summed E-state index contributed by atoms with van der Waals surface area (Å²) in [7, 11) is 1.63. The molecule has 2 fully saturated rings. The number of halogens is 3. The van der Waals surface area contributed by atoms with E-state index in [1.807, 2.05) is 4.90 Å². The molecule has 0 atom stereocenters. The first-order valence-electron chi connectivity index (χ1n) is 8.32. The van der Waals surface area contributed by atoms with Gasteiger partial charge in [-0.05, 0) is 31.0 Å². The number of rotatable bonds is 2. The van der Waals surface area contributed by atoms with Crippen LogP contribution in [0.4, 0.5) is 18.9 Å². The van der Waals surface area contributed by atoms with Crippen LogP contribution in [0, 0.1) is 5.41 Å². The van der Waals surface area contributed by atoms with E-state index in [2.05, 4.69) is 10.5 Å². The number of hydrogen-bond donors (Lipinski definition) is 1. The number of carbonyl (C=O) groups excluding carboxylic acids is 1. The molecular weight excluding hydrogens is 333 g/mol. The minimum absolute atomic E-state index is 0.0661. The van der Waals surface area contributed by atoms with Crippen molar-refractivity contribution in [1.82, 2.24) is 10.3 Å². The molecule has 1 aliphatic carbocycles. The number of likely N-dealkylation sites (N-methyl/N-ethyl adjacent to an activating group) is 1. The molecule has 1 aromatic carbocycles. The van der Waals surface area contributed by atoms with Crippen LogP contribution in [0.15, 0.2) is 23.3 Å². The van der Waals surface area contributed by atoms with Crippen LogP contribution in [0.2, 0.25) is 0 Å². The fourth-order valence-corrected chi connectivity index (χ4v) is 3.92. The number of nitrogens with zero attached hydrogens (tertiary/aromatic N) is 3. The van der Waals surface area contributed by atoms with Gasteiger partial charge < -0.3 is 9.80 Å². The van der Waals surface area contributed by atoms with Gasteiger partial charge >= 0.3 is 6.18 Å². The fourth-order valence-electron chi connectivity index (χ4n) is 3.92. The molecule has 25 heavy (non-hydrogen) atoms. The van der Waals surface area contributed by atoms with Gasteiger partial charge in [-0.1, -0.05) is 6.42 Å². The van der Waals surface area contributed by atoms with E-state index in [4.69, 9.17) is 0 Å². The van der Waals surface area contributed by atoms with Gasteiger partial charge in [-0.3, -0.25) is 4.79 Å². The maximum atomic E-state index is 13.6. The zero-order chi connectivity index (χ0) is 17.8. The second-order valence-corrected chi connectivity index (χ2v) is 7.27. The Labute approximate surface area is 143 Å². The number of nitrogens with one attached hydrogen (secondary N) is 1. The molecule has 4 rings (SSSR count). The molecule has 5 nitrogen and oxygen atoms in total. The number of benzene rings is 1. The molecule has 8 heteroatoms. The minimum atomic E-state index is -4.44. The Kier molecular flexibility index (Phi) is 3.49. The Hall–Kier alpha value is -2.25. The van der Waals surface area contributed by atoms with E-state index in [9.17, 15) is 18.0 Å². The van der Waals surface area contributed by atoms with E-state index in [0.717, 1.165) is 18.9 Å². The van der Waals surface area contributed by atoms with Gasteiger partial charge in [-0.2, -0.15) is 18.3 Å². The Morgan fingerprint density at radius 1 is 1.24 bits per heavy atom. The molecular formula is C17H19F3N4O. The molecule has 1 saturated heterocycles. The Morgan fingerprint density at radius 3 is 2.52 bits per heavy atom. The van der Waals surface area contributed by atoms with E-state index in [1.54, 1.807) is 18.0 Å². The number of hydrazone groups is 1. The standard InChI is InChI=1S/C17H19F3N4O/c1-23-8-14(25)21-22-15(23)11-3-4-13(12(7-11)17(18,19)20)24-9-16(10-24)5-2-6-16/h3-4,7H,2,5-6,8-10H2,1H3,(H,21,25). The third-order valence-electron chi connectivity index (χ3n) is 5.40. The van der Waals surface area contributed by atoms with Gasteiger partial charge in [-0.25, -0.2) is 5.43 Å². The van der Waals surface area contributed by atoms with Crippen molar-refractivity contribution in [2.75, 3.05) is 31.6 Å². The highest BCUT2D eigenvalue weighted by Gasteiger charge is 2.49. The third-order valence-corrected chi connectivity index (χ3v) is 5.40. The Morgan fingerprint density at radius 2 is 1.96 bits per heavy atom. The first-order chi connectivity index (χ1) is 11.8. The molecule has 0 radical (unpaired) electrons. The predicted molar refractivity (Wildman–Crippen MR) is 87.3 cm³/mol. The summed E-state index contributed by atoms with van der Waals surface area (Å²) in [5.74, 6) is 0.0426. The van der Waals surface area contributed by atoms with Crippen LogP contribution in [0.3, 0.4) is 0 Å². The predicted octanol–water partition coefficient (Wildman–Crippen LogP) is 2.42. The van der Waals surface area contributed by atoms with Crippen LogP contribution >= 0.6 is 0 Å². The number of alkyl halides is 3. The van der Waals surface area contributed by atoms with E-state index in [-0.39, 0.29) is 23.6 Å². The molecule has 1 N–H and O–H groups in total. The molecule has 134 valence electrons. The summed E-state index contributed by atoms with van der Waals surface area (Å²) in [6, 6.07) is 4.30. The molecule has 1 aromatic rings. The van der Waals surface area contributed by atoms with Crippen LogP contribution in [0.5, 0.6) is 0 Å². The maximum absolute atomic E-state index is 13.6. The molecule has 2 heterocycles. The molecule has 1 saturated carbocycles. The average molecular weight is 352 g/mol. The van der Waals surface area contributed by atoms with E-state index >= 15 is 0 Å². The van der Waals surface area contributed by atoms with Crippen molar-refractivity contribution in [1.29, 1.82) is 0 Å². The molecule has 3 aliphatic rings. The van der Waals surface area contributed by atoms with Gasteiger partial charge in [0.15, 0.2) is 5.84 Å². The summed E-state index contributed by atoms with van der Waals surface area (Å²) in [4.78, 5) is 14.7. The summed E-state index contributed by atoms with van der Waals surface area (Å²) in [6.07, 6.45) is -1.03. The minimum Gasteiger partial charge on any atom is -0.370 e. The fraction of sp³-hybridized carbons (Fsp3) is 0.529. The second-order valence-electron chi connectivity index (χ2n) is 7.27. The topological polar surface area (TPSA) is 47.9 Å². The largest absolute Gasteiger partial charge is 0.418 e. The highest BCUT2D eigenvalue weighted by atomic mass is 19.4. The normalized spacial score (nSPS) is 22.2. The number of anilines is 1. The van der Waals surface area contributed by atoms with Crippen molar-refractivity contribution in [3.05, 3.63) is 29.3 Å². The van der Waals surface area contributed by atoms with Crippen LogP contribution in [-0.2, 0) is 11.0 Å². The molecule has 1 amide bonds. The van der Waals surface area contributed by atoms with Gasteiger partial charge in [0.2, 0.25) is 0 Å². The first kappa shape index (κ1) is 16.2. The van der Waals surface area contributed by atoms with Crippen molar-refractivity contribution in [2.24, 2.45) is 10.5 Å². The van der Waals surface area contributed by atoms with Crippen molar-refractivity contribution in [3.63, 3.8) is 0 Å². The zero-order valence-corrected chi connectivity index (χ0v) is 13.9. The lowest BCUT2D eigenvalue weighted by molar-refractivity contribution is -0.137. The number of amides is 1. The van der Waals surface area contributed by atoms with E-state index in [1.165, 1.54) is 12.5 Å². The quantitative estimate of drug-likeness (QED) is 0.889. The third kappa shape index (κ3) is 2.73. The van der Waals surface area contributed by atoms with E-state index in [0.29, 0.717) is 24.5 Å². The average Bonchev–Trinajstić information content (AvgIpc) is 2.43. The summed E-state index contributed by atoms with van der Waals surface area (Å²) >= 11 is 0. The second kappa shape index (κ2) is 5.37. The molecule has 1 spiro atoms. The van der Waals surface area contributed by atoms with Gasteiger partial charge in [0, 0.05) is 36.8 Å². The van der Waals surface area contributed by atoms with Gasteiger partial charge in [0.05, 0.1) is 12.1 Å². The lowest BCUT2D eigenvalue weighted by Crippen LogP contribution is -2.60. The highest BCUT2D eigenvalue weighted by molar-refractivity contribution is 6.03. The van der Waals surface area contributed by atoms with Gasteiger partial charge in [0.1, 0.15) is 0 Å². The lowest BCUT2D eigenvalue weighted by Gasteiger charge is -2.57. The van der Waals surface area contributed by atoms with Crippen LogP contribution in [0.25, 0.3) is 0 Å². The van der Waals surface area contributed by atoms with Crippen LogP contribution in [-0.4, -0.2) is 43.3 Å². The zero-order valence-electron chi connectivity index (χ0n) is 13.9. The van der Waals surface area contributed by atoms with Crippen molar-refractivity contribution in [3.8, 4) is 0 Å². The Balaban J connectivity index is 1.66. The molecule has 0 aromatic heterocycles. The number of carbonyl (C=O) groups is 1. The summed E-state index contributed by atoms with van der Waals surface area (Å²) in [6.45, 7) is 1.47. The van der Waals surface area contributed by atoms with Gasteiger partial charge in [0.25, 0.3) is 5.91 Å². The van der Waals surface area contributed by atoms with Crippen LogP contribution in [0.1, 0.15) is 30.4 Å². The molecule has 0 unspecified atom stereocenters. The highest BCUT2D eigenvalue weighted by Crippen LogP contribution is 2.51. The summed E-state index contributed by atoms with van der Waals surface area (Å²) in [5, 5.41) is 3.90. The van der Waals surface area contributed by atoms with E-state index < -0.39 is 11.7 Å². The molecule has 0 bridgehead atoms. The SMILES string of the molecule is CN1CC(=O)NN=C1c1ccc(N2CC3(CCC3)C2)c(C(F)(F)F)c1. The van der Waals surface area contributed by atoms with Crippen molar-refractivity contribution in [2.45, 2.75) is 25.4 Å². The smallest absolute Gasteiger partial charge is 0.370 e. The van der Waals surface area contributed by atoms with Crippen molar-refractivity contribution < 1.29 is 18.0 Å². The van der Waals surface area contributed by atoms with Crippen molar-refractivity contribution >= 4 is 17.4 Å².